The molecule has 1 aliphatic heterocycles. The summed E-state index contributed by atoms with van der Waals surface area (Å²) in [5.41, 5.74) is 3.81. The van der Waals surface area contributed by atoms with E-state index < -0.39 is 0 Å². The first-order valence-electron chi connectivity index (χ1n) is 7.69. The molecule has 0 bridgehead atoms. The number of rotatable bonds is 3. The number of H-pyrrole nitrogens is 1. The van der Waals surface area contributed by atoms with Crippen molar-refractivity contribution < 1.29 is 0 Å². The van der Waals surface area contributed by atoms with Crippen LogP contribution in [0.1, 0.15) is 17.5 Å². The molecule has 114 valence electrons. The second-order valence-corrected chi connectivity index (χ2v) is 5.91. The molecule has 0 aliphatic carbocycles. The third-order valence-electron chi connectivity index (χ3n) is 4.23. The lowest BCUT2D eigenvalue weighted by atomic mass is 10.0. The number of aromatic amines is 1. The SMILES string of the molecule is CN1CCCN(Cc2ccc(-c3cn[nH]c3)c(C#N)c2)CC1. The lowest BCUT2D eigenvalue weighted by Crippen LogP contribution is -2.28. The zero-order valence-electron chi connectivity index (χ0n) is 12.9. The molecule has 1 aromatic heterocycles. The molecule has 0 spiro atoms. The monoisotopic (exact) mass is 295 g/mol. The Bertz CT molecular complexity index is 656. The van der Waals surface area contributed by atoms with Crippen LogP contribution in [0, 0.1) is 11.3 Å². The highest BCUT2D eigenvalue weighted by Crippen LogP contribution is 2.24. The lowest BCUT2D eigenvalue weighted by Gasteiger charge is -2.20. The van der Waals surface area contributed by atoms with Crippen LogP contribution in [0.15, 0.2) is 30.6 Å². The van der Waals surface area contributed by atoms with Gasteiger partial charge in [0.25, 0.3) is 0 Å². The van der Waals surface area contributed by atoms with Gasteiger partial charge in [-0.05, 0) is 38.2 Å². The second kappa shape index (κ2) is 6.73. The first kappa shape index (κ1) is 14.8. The van der Waals surface area contributed by atoms with E-state index in [1.165, 1.54) is 18.5 Å². The van der Waals surface area contributed by atoms with Gasteiger partial charge in [0.05, 0.1) is 17.8 Å². The van der Waals surface area contributed by atoms with E-state index in [0.29, 0.717) is 5.56 Å². The van der Waals surface area contributed by atoms with Crippen LogP contribution in [-0.2, 0) is 6.54 Å². The van der Waals surface area contributed by atoms with E-state index in [9.17, 15) is 5.26 Å². The Morgan fingerprint density at radius 3 is 2.95 bits per heavy atom. The topological polar surface area (TPSA) is 58.9 Å². The van der Waals surface area contributed by atoms with Crippen molar-refractivity contribution in [1.82, 2.24) is 20.0 Å². The van der Waals surface area contributed by atoms with Crippen LogP contribution >= 0.6 is 0 Å². The molecule has 22 heavy (non-hydrogen) atoms. The van der Waals surface area contributed by atoms with Crippen LogP contribution in [0.5, 0.6) is 0 Å². The van der Waals surface area contributed by atoms with Gasteiger partial charge in [-0.15, -0.1) is 0 Å². The van der Waals surface area contributed by atoms with Crippen LogP contribution in [0.25, 0.3) is 11.1 Å². The Kier molecular flexibility index (Phi) is 4.52. The van der Waals surface area contributed by atoms with Gasteiger partial charge in [0, 0.05) is 37.0 Å². The number of nitriles is 1. The minimum atomic E-state index is 0.714. The quantitative estimate of drug-likeness (QED) is 0.942. The molecule has 1 aliphatic rings. The van der Waals surface area contributed by atoms with Crippen LogP contribution in [0.4, 0.5) is 0 Å². The summed E-state index contributed by atoms with van der Waals surface area (Å²) in [4.78, 5) is 4.85. The number of hydrogen-bond donors (Lipinski definition) is 1. The van der Waals surface area contributed by atoms with E-state index in [1.54, 1.807) is 6.20 Å². The van der Waals surface area contributed by atoms with Crippen molar-refractivity contribution in [1.29, 1.82) is 5.26 Å². The molecule has 0 radical (unpaired) electrons. The van der Waals surface area contributed by atoms with Crippen molar-refractivity contribution in [2.75, 3.05) is 33.2 Å². The molecule has 0 amide bonds. The van der Waals surface area contributed by atoms with Gasteiger partial charge in [-0.3, -0.25) is 10.00 Å². The van der Waals surface area contributed by atoms with Gasteiger partial charge >= 0.3 is 0 Å². The highest BCUT2D eigenvalue weighted by Gasteiger charge is 2.13. The van der Waals surface area contributed by atoms with Gasteiger partial charge in [-0.1, -0.05) is 12.1 Å². The Labute approximate surface area is 131 Å². The van der Waals surface area contributed by atoms with Crippen LogP contribution < -0.4 is 0 Å². The zero-order valence-corrected chi connectivity index (χ0v) is 12.9. The van der Waals surface area contributed by atoms with E-state index in [-0.39, 0.29) is 0 Å². The summed E-state index contributed by atoms with van der Waals surface area (Å²) in [5.74, 6) is 0. The van der Waals surface area contributed by atoms with E-state index >= 15 is 0 Å². The van der Waals surface area contributed by atoms with Gasteiger partial charge in [0.2, 0.25) is 0 Å². The Balaban J connectivity index is 1.76. The first-order chi connectivity index (χ1) is 10.8. The number of nitrogens with one attached hydrogen (secondary N) is 1. The normalized spacial score (nSPS) is 17.1. The molecule has 0 atom stereocenters. The number of nitrogens with zero attached hydrogens (tertiary/aromatic N) is 4. The molecule has 3 rings (SSSR count). The second-order valence-electron chi connectivity index (χ2n) is 5.91. The Morgan fingerprint density at radius 1 is 1.27 bits per heavy atom. The fraction of sp³-hybridized carbons (Fsp3) is 0.412. The Morgan fingerprint density at radius 2 is 2.18 bits per heavy atom. The Hall–Kier alpha value is -2.16. The first-order valence-corrected chi connectivity index (χ1v) is 7.69. The molecule has 1 fully saturated rings. The van der Waals surface area contributed by atoms with Crippen molar-refractivity contribution in [3.8, 4) is 17.2 Å². The van der Waals surface area contributed by atoms with E-state index in [0.717, 1.165) is 37.3 Å². The van der Waals surface area contributed by atoms with Crippen molar-refractivity contribution in [3.63, 3.8) is 0 Å². The van der Waals surface area contributed by atoms with Crippen molar-refractivity contribution in [2.45, 2.75) is 13.0 Å². The maximum atomic E-state index is 9.43. The molecule has 0 unspecified atom stereocenters. The standard InChI is InChI=1S/C17H21N5/c1-21-5-2-6-22(8-7-21)13-14-3-4-17(15(9-14)10-18)16-11-19-20-12-16/h3-4,9,11-12H,2,5-8,13H2,1H3,(H,19,20). The van der Waals surface area contributed by atoms with Crippen molar-refractivity contribution in [3.05, 3.63) is 41.7 Å². The third kappa shape index (κ3) is 3.35. The fourth-order valence-electron chi connectivity index (χ4n) is 2.95. The highest BCUT2D eigenvalue weighted by atomic mass is 15.2. The van der Waals surface area contributed by atoms with Crippen molar-refractivity contribution >= 4 is 0 Å². The van der Waals surface area contributed by atoms with Gasteiger partial charge in [0.15, 0.2) is 0 Å². The summed E-state index contributed by atoms with van der Waals surface area (Å²) in [5, 5.41) is 16.2. The largest absolute Gasteiger partial charge is 0.305 e. The average molecular weight is 295 g/mol. The van der Waals surface area contributed by atoms with Crippen LogP contribution in [0.3, 0.4) is 0 Å². The van der Waals surface area contributed by atoms with Crippen LogP contribution in [-0.4, -0.2) is 53.2 Å². The van der Waals surface area contributed by atoms with Gasteiger partial charge in [0.1, 0.15) is 0 Å². The molecule has 5 heteroatoms. The number of likely N-dealkylation sites (N-methyl/N-ethyl adjacent to an activating group) is 1. The third-order valence-corrected chi connectivity index (χ3v) is 4.23. The molecule has 1 aromatic carbocycles. The predicted octanol–water partition coefficient (Wildman–Crippen LogP) is 2.09. The minimum absolute atomic E-state index is 0.714. The van der Waals surface area contributed by atoms with Gasteiger partial charge in [-0.2, -0.15) is 10.4 Å². The number of aromatic nitrogens is 2. The highest BCUT2D eigenvalue weighted by molar-refractivity contribution is 5.69. The zero-order chi connectivity index (χ0) is 15.4. The molecule has 5 nitrogen and oxygen atoms in total. The fourth-order valence-corrected chi connectivity index (χ4v) is 2.95. The molecular weight excluding hydrogens is 274 g/mol. The molecule has 1 N–H and O–H groups in total. The summed E-state index contributed by atoms with van der Waals surface area (Å²) >= 11 is 0. The van der Waals surface area contributed by atoms with Gasteiger partial charge in [-0.25, -0.2) is 0 Å². The molecule has 1 saturated heterocycles. The molecule has 0 saturated carbocycles. The van der Waals surface area contributed by atoms with E-state index in [4.69, 9.17) is 0 Å². The molecule has 2 aromatic rings. The molecular formula is C17H21N5. The summed E-state index contributed by atoms with van der Waals surface area (Å²) in [6.45, 7) is 5.39. The summed E-state index contributed by atoms with van der Waals surface area (Å²) in [6, 6.07) is 8.48. The maximum Gasteiger partial charge on any atom is 0.0998 e. The van der Waals surface area contributed by atoms with Crippen LogP contribution in [0.2, 0.25) is 0 Å². The average Bonchev–Trinajstić information content (AvgIpc) is 2.99. The molecule has 2 heterocycles. The van der Waals surface area contributed by atoms with Crippen molar-refractivity contribution in [2.24, 2.45) is 0 Å². The van der Waals surface area contributed by atoms with Gasteiger partial charge < -0.3 is 4.90 Å². The van der Waals surface area contributed by atoms with E-state index in [1.807, 2.05) is 18.3 Å². The minimum Gasteiger partial charge on any atom is -0.305 e. The lowest BCUT2D eigenvalue weighted by molar-refractivity contribution is 0.269. The number of benzene rings is 1. The summed E-state index contributed by atoms with van der Waals surface area (Å²) in [6.07, 6.45) is 4.77. The number of hydrogen-bond acceptors (Lipinski definition) is 4. The summed E-state index contributed by atoms with van der Waals surface area (Å²) in [7, 11) is 2.18. The summed E-state index contributed by atoms with van der Waals surface area (Å²) < 4.78 is 0. The van der Waals surface area contributed by atoms with E-state index in [2.05, 4.69) is 39.2 Å². The maximum absolute atomic E-state index is 9.43. The smallest absolute Gasteiger partial charge is 0.0998 e. The predicted molar refractivity (Wildman–Crippen MR) is 86.1 cm³/mol.